The maximum absolute atomic E-state index is 11.3. The van der Waals surface area contributed by atoms with E-state index >= 15 is 0 Å². The molecule has 90 valence electrons. The summed E-state index contributed by atoms with van der Waals surface area (Å²) in [5.74, 6) is 4.15. The largest absolute Gasteiger partial charge is 0.359 e. The van der Waals surface area contributed by atoms with Crippen LogP contribution in [0.2, 0.25) is 0 Å². The molecular formula is C8H9N5O4. The van der Waals surface area contributed by atoms with Gasteiger partial charge in [0.15, 0.2) is 11.5 Å². The van der Waals surface area contributed by atoms with Crippen LogP contribution >= 0.6 is 0 Å². The van der Waals surface area contributed by atoms with Crippen LogP contribution in [0.15, 0.2) is 10.6 Å². The Bertz CT molecular complexity index is 466. The number of hydrogen-bond acceptors (Lipinski definition) is 6. The summed E-state index contributed by atoms with van der Waals surface area (Å²) in [4.78, 5) is 34.5. The molecule has 0 aromatic carbocycles. The van der Waals surface area contributed by atoms with Crippen LogP contribution in [0.3, 0.4) is 0 Å². The van der Waals surface area contributed by atoms with E-state index in [9.17, 15) is 14.4 Å². The van der Waals surface area contributed by atoms with Crippen molar-refractivity contribution in [3.05, 3.63) is 17.5 Å². The minimum Gasteiger partial charge on any atom is -0.359 e. The van der Waals surface area contributed by atoms with Gasteiger partial charge in [0.25, 0.3) is 5.91 Å². The molecule has 0 saturated carbocycles. The summed E-state index contributed by atoms with van der Waals surface area (Å²) < 4.78 is 4.81. The zero-order chi connectivity index (χ0) is 12.4. The van der Waals surface area contributed by atoms with E-state index in [4.69, 9.17) is 10.4 Å². The Morgan fingerprint density at radius 1 is 1.65 bits per heavy atom. The molecule has 2 heterocycles. The summed E-state index contributed by atoms with van der Waals surface area (Å²) in [6.07, 6.45) is 0. The quantitative estimate of drug-likeness (QED) is 0.250. The summed E-state index contributed by atoms with van der Waals surface area (Å²) in [5.41, 5.74) is 1.87. The number of imide groups is 1. The number of carbonyl (C=O) groups is 3. The number of hydrazine groups is 1. The van der Waals surface area contributed by atoms with Gasteiger partial charge in [0, 0.05) is 6.07 Å². The van der Waals surface area contributed by atoms with Gasteiger partial charge in [0.05, 0.1) is 13.1 Å². The van der Waals surface area contributed by atoms with E-state index in [2.05, 4.69) is 10.5 Å². The number of nitrogen functional groups attached to an aromatic ring is 1. The van der Waals surface area contributed by atoms with Crippen molar-refractivity contribution in [2.24, 2.45) is 5.84 Å². The zero-order valence-electron chi connectivity index (χ0n) is 8.60. The molecular weight excluding hydrogens is 230 g/mol. The normalized spacial score (nSPS) is 15.0. The Kier molecular flexibility index (Phi) is 2.75. The first-order chi connectivity index (χ1) is 8.11. The third-order valence-electron chi connectivity index (χ3n) is 2.17. The topological polar surface area (TPSA) is 131 Å². The van der Waals surface area contributed by atoms with Gasteiger partial charge in [-0.1, -0.05) is 5.16 Å². The number of nitrogens with zero attached hydrogens (tertiary/aromatic N) is 2. The first-order valence-corrected chi connectivity index (χ1v) is 4.66. The van der Waals surface area contributed by atoms with Crippen molar-refractivity contribution in [3.8, 4) is 0 Å². The van der Waals surface area contributed by atoms with Crippen LogP contribution in [-0.2, 0) is 11.3 Å². The van der Waals surface area contributed by atoms with Crippen LogP contribution in [0.1, 0.15) is 16.2 Å². The molecule has 9 heteroatoms. The average Bonchev–Trinajstić information content (AvgIpc) is 2.90. The van der Waals surface area contributed by atoms with Crippen LogP contribution < -0.4 is 16.6 Å². The van der Waals surface area contributed by atoms with Gasteiger partial charge in [-0.2, -0.15) is 0 Å². The fourth-order valence-electron chi connectivity index (χ4n) is 1.34. The van der Waals surface area contributed by atoms with Gasteiger partial charge in [0.1, 0.15) is 0 Å². The van der Waals surface area contributed by atoms with Crippen molar-refractivity contribution in [3.63, 3.8) is 0 Å². The van der Waals surface area contributed by atoms with Gasteiger partial charge in [0.2, 0.25) is 5.91 Å². The SMILES string of the molecule is NNC(=O)c1cc(CN2C(=O)CNC2=O)on1. The molecule has 1 aromatic rings. The number of urea groups is 1. The van der Waals surface area contributed by atoms with Crippen molar-refractivity contribution >= 4 is 17.8 Å². The van der Waals surface area contributed by atoms with Crippen LogP contribution in [0.25, 0.3) is 0 Å². The van der Waals surface area contributed by atoms with Gasteiger partial charge >= 0.3 is 6.03 Å². The molecule has 0 spiro atoms. The molecule has 9 nitrogen and oxygen atoms in total. The lowest BCUT2D eigenvalue weighted by molar-refractivity contribution is -0.125. The molecule has 0 atom stereocenters. The maximum Gasteiger partial charge on any atom is 0.325 e. The van der Waals surface area contributed by atoms with E-state index in [-0.39, 0.29) is 30.5 Å². The second kappa shape index (κ2) is 4.22. The molecule has 1 aromatic heterocycles. The molecule has 0 aliphatic carbocycles. The first kappa shape index (κ1) is 11.1. The van der Waals surface area contributed by atoms with Gasteiger partial charge in [-0.15, -0.1) is 0 Å². The highest BCUT2D eigenvalue weighted by Crippen LogP contribution is 2.10. The highest BCUT2D eigenvalue weighted by Gasteiger charge is 2.29. The molecule has 4 amide bonds. The molecule has 0 bridgehead atoms. The number of hydrogen-bond donors (Lipinski definition) is 3. The minimum absolute atomic E-state index is 0.0189. The second-order valence-electron chi connectivity index (χ2n) is 3.29. The zero-order valence-corrected chi connectivity index (χ0v) is 8.60. The third-order valence-corrected chi connectivity index (χ3v) is 2.17. The number of amides is 4. The Morgan fingerprint density at radius 2 is 2.41 bits per heavy atom. The number of aromatic nitrogens is 1. The highest BCUT2D eigenvalue weighted by atomic mass is 16.5. The summed E-state index contributed by atoms with van der Waals surface area (Å²) in [6.45, 7) is -0.112. The number of nitrogens with two attached hydrogens (primary N) is 1. The first-order valence-electron chi connectivity index (χ1n) is 4.66. The van der Waals surface area contributed by atoms with Crippen molar-refractivity contribution in [2.75, 3.05) is 6.54 Å². The highest BCUT2D eigenvalue weighted by molar-refractivity contribution is 6.01. The fraction of sp³-hybridized carbons (Fsp3) is 0.250. The molecule has 0 unspecified atom stereocenters. The van der Waals surface area contributed by atoms with Crippen molar-refractivity contribution in [2.45, 2.75) is 6.54 Å². The van der Waals surface area contributed by atoms with Gasteiger partial charge < -0.3 is 9.84 Å². The summed E-state index contributed by atoms with van der Waals surface area (Å²) in [7, 11) is 0. The lowest BCUT2D eigenvalue weighted by atomic mass is 10.3. The van der Waals surface area contributed by atoms with Crippen molar-refractivity contribution < 1.29 is 18.9 Å². The molecule has 0 radical (unpaired) electrons. The molecule has 1 fully saturated rings. The standard InChI is InChI=1S/C8H9N5O4/c9-11-7(15)5-1-4(17-12-5)3-13-6(14)2-10-8(13)16/h1H,2-3,9H2,(H,10,16)(H,11,15). The Hall–Kier alpha value is -2.42. The maximum atomic E-state index is 11.3. The molecule has 17 heavy (non-hydrogen) atoms. The second-order valence-corrected chi connectivity index (χ2v) is 3.29. The van der Waals surface area contributed by atoms with Crippen molar-refractivity contribution in [1.29, 1.82) is 0 Å². The lowest BCUT2D eigenvalue weighted by Gasteiger charge is -2.08. The molecule has 4 N–H and O–H groups in total. The minimum atomic E-state index is -0.614. The predicted octanol–water partition coefficient (Wildman–Crippen LogP) is -1.67. The van der Waals surface area contributed by atoms with E-state index < -0.39 is 11.9 Å². The Balaban J connectivity index is 2.09. The molecule has 1 saturated heterocycles. The third kappa shape index (κ3) is 2.08. The summed E-state index contributed by atoms with van der Waals surface area (Å²) >= 11 is 0. The number of nitrogens with one attached hydrogen (secondary N) is 2. The van der Waals surface area contributed by atoms with E-state index in [0.29, 0.717) is 0 Å². The van der Waals surface area contributed by atoms with E-state index in [1.54, 1.807) is 0 Å². The fourth-order valence-corrected chi connectivity index (χ4v) is 1.34. The number of carbonyl (C=O) groups excluding carboxylic acids is 3. The van der Waals surface area contributed by atoms with Gasteiger partial charge in [-0.05, 0) is 0 Å². The van der Waals surface area contributed by atoms with Gasteiger partial charge in [-0.25, -0.2) is 10.6 Å². The smallest absolute Gasteiger partial charge is 0.325 e. The van der Waals surface area contributed by atoms with Crippen LogP contribution in [0, 0.1) is 0 Å². The van der Waals surface area contributed by atoms with E-state index in [1.165, 1.54) is 6.07 Å². The van der Waals surface area contributed by atoms with Gasteiger partial charge in [-0.3, -0.25) is 19.9 Å². The molecule has 1 aliphatic heterocycles. The van der Waals surface area contributed by atoms with Crippen LogP contribution in [-0.4, -0.2) is 34.4 Å². The summed E-state index contributed by atoms with van der Waals surface area (Å²) in [5, 5.41) is 5.80. The Morgan fingerprint density at radius 3 is 3.00 bits per heavy atom. The summed E-state index contributed by atoms with van der Waals surface area (Å²) in [6, 6.07) is 0.803. The van der Waals surface area contributed by atoms with E-state index in [1.807, 2.05) is 5.43 Å². The van der Waals surface area contributed by atoms with Crippen molar-refractivity contribution in [1.82, 2.24) is 20.8 Å². The Labute approximate surface area is 94.9 Å². The molecule has 2 rings (SSSR count). The monoisotopic (exact) mass is 239 g/mol. The lowest BCUT2D eigenvalue weighted by Crippen LogP contribution is -2.30. The molecule has 1 aliphatic rings. The van der Waals surface area contributed by atoms with Crippen LogP contribution in [0.5, 0.6) is 0 Å². The van der Waals surface area contributed by atoms with E-state index in [0.717, 1.165) is 4.90 Å². The van der Waals surface area contributed by atoms with Crippen LogP contribution in [0.4, 0.5) is 4.79 Å². The predicted molar refractivity (Wildman–Crippen MR) is 52.1 cm³/mol. The number of rotatable bonds is 3. The average molecular weight is 239 g/mol.